The molecule has 2 heterocycles. The van der Waals surface area contributed by atoms with Gasteiger partial charge in [0.25, 0.3) is 0 Å². The number of H-pyrrole nitrogens is 1. The fourth-order valence-corrected chi connectivity index (χ4v) is 3.82. The average Bonchev–Trinajstić information content (AvgIpc) is 3.26. The van der Waals surface area contributed by atoms with Crippen molar-refractivity contribution >= 4 is 34.4 Å². The Morgan fingerprint density at radius 3 is 2.53 bits per heavy atom. The molecule has 9 nitrogen and oxygen atoms in total. The lowest BCUT2D eigenvalue weighted by molar-refractivity contribution is 0.0525. The molecule has 4 rings (SSSR count). The Kier molecular flexibility index (Phi) is 7.38. The number of rotatable bonds is 8. The quantitative estimate of drug-likeness (QED) is 0.244. The van der Waals surface area contributed by atoms with E-state index in [4.69, 9.17) is 4.74 Å². The van der Waals surface area contributed by atoms with Gasteiger partial charge in [0, 0.05) is 18.3 Å². The Labute approximate surface area is 211 Å². The van der Waals surface area contributed by atoms with Crippen LogP contribution in [0.4, 0.5) is 22.1 Å². The van der Waals surface area contributed by atoms with Gasteiger partial charge in [0.15, 0.2) is 5.65 Å². The lowest BCUT2D eigenvalue weighted by Gasteiger charge is -2.21. The van der Waals surface area contributed by atoms with Crippen LogP contribution in [0.25, 0.3) is 11.0 Å². The van der Waals surface area contributed by atoms with E-state index in [2.05, 4.69) is 68.2 Å². The van der Waals surface area contributed by atoms with Crippen LogP contribution in [0, 0.1) is 0 Å². The van der Waals surface area contributed by atoms with E-state index < -0.39 is 11.7 Å². The van der Waals surface area contributed by atoms with Crippen LogP contribution in [-0.2, 0) is 4.74 Å². The number of anilines is 3. The molecule has 0 aliphatic carbocycles. The summed E-state index contributed by atoms with van der Waals surface area (Å²) in [4.78, 5) is 20.8. The third kappa shape index (κ3) is 6.29. The predicted molar refractivity (Wildman–Crippen MR) is 143 cm³/mol. The fraction of sp³-hybridized carbons (Fsp3) is 0.333. The van der Waals surface area contributed by atoms with Crippen molar-refractivity contribution < 1.29 is 9.53 Å². The zero-order chi connectivity index (χ0) is 25.7. The smallest absolute Gasteiger partial charge is 0.407 e. The van der Waals surface area contributed by atoms with Gasteiger partial charge >= 0.3 is 6.09 Å². The first-order valence-electron chi connectivity index (χ1n) is 12.0. The topological polar surface area (TPSA) is 117 Å². The Morgan fingerprint density at radius 1 is 1.03 bits per heavy atom. The van der Waals surface area contributed by atoms with Gasteiger partial charge < -0.3 is 20.7 Å². The maximum absolute atomic E-state index is 12.0. The molecule has 0 aliphatic rings. The summed E-state index contributed by atoms with van der Waals surface area (Å²) < 4.78 is 5.33. The van der Waals surface area contributed by atoms with Crippen molar-refractivity contribution in [3.63, 3.8) is 0 Å². The number of nitrogens with zero attached hydrogens (tertiary/aromatic N) is 3. The second-order valence-electron chi connectivity index (χ2n) is 9.83. The summed E-state index contributed by atoms with van der Waals surface area (Å²) in [5.41, 5.74) is 3.16. The molecular formula is C27H33N7O2. The number of alkyl carbamates (subject to hydrolysis) is 1. The van der Waals surface area contributed by atoms with Gasteiger partial charge in [-0.1, -0.05) is 49.4 Å². The van der Waals surface area contributed by atoms with Crippen molar-refractivity contribution in [1.82, 2.24) is 25.5 Å². The number of fused-ring (bicyclic) bond motifs is 1. The van der Waals surface area contributed by atoms with Gasteiger partial charge in [-0.3, -0.25) is 5.10 Å². The van der Waals surface area contributed by atoms with Crippen molar-refractivity contribution in [2.45, 2.75) is 52.2 Å². The molecule has 2 aromatic heterocycles. The predicted octanol–water partition coefficient (Wildman–Crippen LogP) is 5.90. The highest BCUT2D eigenvalue weighted by molar-refractivity contribution is 5.97. The Balaban J connectivity index is 1.49. The molecular weight excluding hydrogens is 454 g/mol. The summed E-state index contributed by atoms with van der Waals surface area (Å²) >= 11 is 0. The lowest BCUT2D eigenvalue weighted by atomic mass is 10.0. The van der Waals surface area contributed by atoms with Crippen LogP contribution >= 0.6 is 0 Å². The van der Waals surface area contributed by atoms with Crippen molar-refractivity contribution in [1.29, 1.82) is 0 Å². The monoisotopic (exact) mass is 487 g/mol. The van der Waals surface area contributed by atoms with Crippen LogP contribution in [0.15, 0.2) is 60.9 Å². The number of hydrogen-bond donors (Lipinski definition) is 4. The van der Waals surface area contributed by atoms with E-state index in [-0.39, 0.29) is 12.0 Å². The van der Waals surface area contributed by atoms with Crippen molar-refractivity contribution in [3.05, 3.63) is 72.1 Å². The number of aromatic nitrogens is 4. The summed E-state index contributed by atoms with van der Waals surface area (Å²) in [5, 5.41) is 17.9. The van der Waals surface area contributed by atoms with Crippen molar-refractivity contribution in [2.75, 3.05) is 17.2 Å². The summed E-state index contributed by atoms with van der Waals surface area (Å²) in [7, 11) is 0. The van der Waals surface area contributed by atoms with Gasteiger partial charge in [-0.15, -0.1) is 0 Å². The number of ether oxygens (including phenoxy) is 1. The van der Waals surface area contributed by atoms with Gasteiger partial charge in [-0.2, -0.15) is 5.10 Å². The van der Waals surface area contributed by atoms with Crippen LogP contribution in [0.1, 0.15) is 57.7 Å². The van der Waals surface area contributed by atoms with Gasteiger partial charge in [0.05, 0.1) is 0 Å². The maximum Gasteiger partial charge on any atom is 0.407 e. The molecule has 188 valence electrons. The Morgan fingerprint density at radius 2 is 1.78 bits per heavy atom. The highest BCUT2D eigenvalue weighted by Crippen LogP contribution is 2.31. The van der Waals surface area contributed by atoms with Crippen LogP contribution in [-0.4, -0.2) is 38.4 Å². The minimum absolute atomic E-state index is 0.0497. The first kappa shape index (κ1) is 25.0. The van der Waals surface area contributed by atoms with Gasteiger partial charge in [0.1, 0.15) is 29.0 Å². The molecule has 1 amide bonds. The third-order valence-electron chi connectivity index (χ3n) is 5.68. The minimum atomic E-state index is -0.527. The van der Waals surface area contributed by atoms with E-state index in [0.717, 1.165) is 22.2 Å². The van der Waals surface area contributed by atoms with Crippen LogP contribution < -0.4 is 16.0 Å². The number of aromatic amines is 1. The molecule has 4 aromatic rings. The number of hydrogen-bond acceptors (Lipinski definition) is 7. The van der Waals surface area contributed by atoms with E-state index in [1.165, 1.54) is 6.33 Å². The van der Waals surface area contributed by atoms with Crippen LogP contribution in [0.3, 0.4) is 0 Å². The van der Waals surface area contributed by atoms with Crippen LogP contribution in [0.5, 0.6) is 0 Å². The highest BCUT2D eigenvalue weighted by atomic mass is 16.6. The number of amides is 1. The first-order chi connectivity index (χ1) is 17.2. The largest absolute Gasteiger partial charge is 0.444 e. The molecule has 1 unspecified atom stereocenters. The zero-order valence-corrected chi connectivity index (χ0v) is 21.3. The SMILES string of the molecule is CC(CNC(=O)OC(C)(C)C)c1cccc(Nc2[nH]nc3ncnc(N[C@H](C)c4ccccc4)c23)c1. The lowest BCUT2D eigenvalue weighted by Crippen LogP contribution is -2.34. The van der Waals surface area contributed by atoms with E-state index in [0.29, 0.717) is 23.8 Å². The van der Waals surface area contributed by atoms with E-state index in [1.807, 2.05) is 57.2 Å². The van der Waals surface area contributed by atoms with Gasteiger partial charge in [0.2, 0.25) is 0 Å². The first-order valence-corrected chi connectivity index (χ1v) is 12.0. The Bertz CT molecular complexity index is 1310. The molecule has 0 saturated carbocycles. The third-order valence-corrected chi connectivity index (χ3v) is 5.68. The number of carbonyl (C=O) groups is 1. The summed E-state index contributed by atoms with van der Waals surface area (Å²) in [5.74, 6) is 1.48. The second kappa shape index (κ2) is 10.6. The fourth-order valence-electron chi connectivity index (χ4n) is 3.82. The van der Waals surface area contributed by atoms with E-state index in [9.17, 15) is 4.79 Å². The molecule has 0 aliphatic heterocycles. The van der Waals surface area contributed by atoms with Crippen LogP contribution in [0.2, 0.25) is 0 Å². The molecule has 4 N–H and O–H groups in total. The zero-order valence-electron chi connectivity index (χ0n) is 21.3. The van der Waals surface area contributed by atoms with Crippen molar-refractivity contribution in [2.24, 2.45) is 0 Å². The summed E-state index contributed by atoms with van der Waals surface area (Å²) in [6.45, 7) is 10.1. The van der Waals surface area contributed by atoms with Gasteiger partial charge in [-0.05, 0) is 56.9 Å². The highest BCUT2D eigenvalue weighted by Gasteiger charge is 2.18. The van der Waals surface area contributed by atoms with E-state index in [1.54, 1.807) is 0 Å². The molecule has 0 bridgehead atoms. The average molecular weight is 488 g/mol. The number of benzene rings is 2. The second-order valence-corrected chi connectivity index (χ2v) is 9.83. The number of carbonyl (C=O) groups excluding carboxylic acids is 1. The molecule has 9 heteroatoms. The molecule has 0 spiro atoms. The molecule has 0 fully saturated rings. The maximum atomic E-state index is 12.0. The number of nitrogens with one attached hydrogen (secondary N) is 4. The van der Waals surface area contributed by atoms with Crippen molar-refractivity contribution in [3.8, 4) is 0 Å². The van der Waals surface area contributed by atoms with E-state index >= 15 is 0 Å². The standard InChI is InChI=1S/C27H33N7O2/c1-17(15-28-26(35)36-27(3,4)5)20-12-9-13-21(14-20)32-25-22-23(29-16-30-24(22)33-34-25)31-18(2)19-10-7-6-8-11-19/h6-14,16-18H,15H2,1-5H3,(H,28,35)(H3,29,30,31,32,33,34)/t17?,18-/m1/s1. The molecule has 2 aromatic carbocycles. The molecule has 0 saturated heterocycles. The summed E-state index contributed by atoms with van der Waals surface area (Å²) in [6, 6.07) is 18.3. The minimum Gasteiger partial charge on any atom is -0.444 e. The molecule has 2 atom stereocenters. The normalized spacial score (nSPS) is 13.1. The Hall–Kier alpha value is -4.14. The molecule has 0 radical (unpaired) electrons. The summed E-state index contributed by atoms with van der Waals surface area (Å²) in [6.07, 6.45) is 1.09. The van der Waals surface area contributed by atoms with Gasteiger partial charge in [-0.25, -0.2) is 14.8 Å². The molecule has 36 heavy (non-hydrogen) atoms.